The van der Waals surface area contributed by atoms with Crippen LogP contribution >= 0.6 is 24.8 Å². The molecule has 0 aliphatic carbocycles. The van der Waals surface area contributed by atoms with Crippen molar-refractivity contribution in [3.05, 3.63) is 23.4 Å². The minimum absolute atomic E-state index is 0. The molecule has 0 unspecified atom stereocenters. The van der Waals surface area contributed by atoms with E-state index in [-0.39, 0.29) is 36.4 Å². The maximum atomic E-state index is 13.2. The molecule has 0 saturated carbocycles. The first-order chi connectivity index (χ1) is 7.02. The Hall–Kier alpha value is -1.09. The molecule has 0 aliphatic heterocycles. The van der Waals surface area contributed by atoms with Gasteiger partial charge < -0.3 is 11.5 Å². The summed E-state index contributed by atoms with van der Waals surface area (Å²) >= 11 is 0. The van der Waals surface area contributed by atoms with Crippen LogP contribution in [0.1, 0.15) is 18.9 Å². The van der Waals surface area contributed by atoms with E-state index < -0.39 is 17.5 Å². The third kappa shape index (κ3) is 5.18. The average Bonchev–Trinajstić information content (AvgIpc) is 2.18. The van der Waals surface area contributed by atoms with Crippen LogP contribution in [0, 0.1) is 23.5 Å². The summed E-state index contributed by atoms with van der Waals surface area (Å²) in [6.45, 7) is 1.77. The summed E-state index contributed by atoms with van der Waals surface area (Å²) in [5.74, 6) is 2.37. The lowest BCUT2D eigenvalue weighted by atomic mass is 10.2. The molecule has 96 valence electrons. The van der Waals surface area contributed by atoms with Gasteiger partial charge in [0.05, 0.1) is 5.56 Å². The fourth-order valence-corrected chi connectivity index (χ4v) is 0.873. The van der Waals surface area contributed by atoms with Gasteiger partial charge in [0.2, 0.25) is 5.82 Å². The van der Waals surface area contributed by atoms with Crippen LogP contribution in [-0.4, -0.2) is 11.0 Å². The number of hydrogen-bond donors (Lipinski definition) is 2. The summed E-state index contributed by atoms with van der Waals surface area (Å²) < 4.78 is 26.1. The third-order valence-electron chi connectivity index (χ3n) is 1.63. The zero-order valence-corrected chi connectivity index (χ0v) is 10.7. The molecule has 4 N–H and O–H groups in total. The predicted octanol–water partition coefficient (Wildman–Crippen LogP) is 1.87. The molecule has 0 saturated heterocycles. The average molecular weight is 284 g/mol. The molecule has 0 amide bonds. The van der Waals surface area contributed by atoms with Crippen molar-refractivity contribution in [2.24, 2.45) is 5.73 Å². The van der Waals surface area contributed by atoms with E-state index in [1.807, 2.05) is 0 Å². The van der Waals surface area contributed by atoms with Gasteiger partial charge in [-0.25, -0.2) is 9.37 Å². The number of nitrogen functional groups attached to an aromatic ring is 1. The zero-order chi connectivity index (χ0) is 11.4. The molecule has 0 aliphatic rings. The Labute approximate surface area is 111 Å². The maximum absolute atomic E-state index is 13.2. The Morgan fingerprint density at radius 2 is 1.94 bits per heavy atom. The standard InChI is InChI=1S/C10H11F2N3.2ClH/c1-6(13)3-2-4-7-5-15-10(14)9(12)8(7)11;;/h5-6H,3,13H2,1H3,(H2,14,15);2*1H/t6-;;/m0../s1. The fourth-order valence-electron chi connectivity index (χ4n) is 0.873. The molecule has 3 nitrogen and oxygen atoms in total. The van der Waals surface area contributed by atoms with Crippen molar-refractivity contribution in [3.8, 4) is 11.8 Å². The second-order valence-corrected chi connectivity index (χ2v) is 3.17. The first kappa shape index (κ1) is 18.3. The number of nitrogens with zero attached hydrogens (tertiary/aromatic N) is 1. The lowest BCUT2D eigenvalue weighted by Crippen LogP contribution is -2.12. The van der Waals surface area contributed by atoms with Gasteiger partial charge in [-0.3, -0.25) is 0 Å². The smallest absolute Gasteiger partial charge is 0.202 e. The number of anilines is 1. The first-order valence-electron chi connectivity index (χ1n) is 4.36. The van der Waals surface area contributed by atoms with Crippen LogP contribution in [0.4, 0.5) is 14.6 Å². The van der Waals surface area contributed by atoms with Gasteiger partial charge in [0.1, 0.15) is 0 Å². The van der Waals surface area contributed by atoms with Gasteiger partial charge in [0.25, 0.3) is 0 Å². The SMILES string of the molecule is C[C@H](N)CC#Cc1cnc(N)c(F)c1F.Cl.Cl. The lowest BCUT2D eigenvalue weighted by molar-refractivity contribution is 0.506. The van der Waals surface area contributed by atoms with Crippen molar-refractivity contribution in [3.63, 3.8) is 0 Å². The minimum Gasteiger partial charge on any atom is -0.381 e. The molecule has 17 heavy (non-hydrogen) atoms. The Balaban J connectivity index is 0. The van der Waals surface area contributed by atoms with Gasteiger partial charge >= 0.3 is 0 Å². The minimum atomic E-state index is -1.16. The summed E-state index contributed by atoms with van der Waals surface area (Å²) in [6, 6.07) is -0.104. The molecule has 1 aromatic heterocycles. The quantitative estimate of drug-likeness (QED) is 0.774. The summed E-state index contributed by atoms with van der Waals surface area (Å²) in [6.07, 6.45) is 1.51. The number of rotatable bonds is 1. The molecule has 1 aromatic rings. The molecule has 7 heteroatoms. The topological polar surface area (TPSA) is 64.9 Å². The normalized spacial score (nSPS) is 10.4. The third-order valence-corrected chi connectivity index (χ3v) is 1.63. The van der Waals surface area contributed by atoms with Crippen molar-refractivity contribution < 1.29 is 8.78 Å². The highest BCUT2D eigenvalue weighted by Gasteiger charge is 2.10. The van der Waals surface area contributed by atoms with E-state index in [1.165, 1.54) is 0 Å². The zero-order valence-electron chi connectivity index (χ0n) is 9.04. The van der Waals surface area contributed by atoms with Gasteiger partial charge in [0.15, 0.2) is 11.6 Å². The van der Waals surface area contributed by atoms with Crippen LogP contribution in [0.2, 0.25) is 0 Å². The van der Waals surface area contributed by atoms with Crippen molar-refractivity contribution in [2.45, 2.75) is 19.4 Å². The fraction of sp³-hybridized carbons (Fsp3) is 0.300. The summed E-state index contributed by atoms with van der Waals surface area (Å²) in [5.41, 5.74) is 10.4. The van der Waals surface area contributed by atoms with Crippen LogP contribution in [0.5, 0.6) is 0 Å². The molecule has 1 heterocycles. The van der Waals surface area contributed by atoms with E-state index in [0.717, 1.165) is 6.20 Å². The van der Waals surface area contributed by atoms with E-state index in [0.29, 0.717) is 6.42 Å². The largest absolute Gasteiger partial charge is 0.381 e. The number of aromatic nitrogens is 1. The van der Waals surface area contributed by atoms with Crippen molar-refractivity contribution in [1.82, 2.24) is 4.98 Å². The van der Waals surface area contributed by atoms with E-state index in [9.17, 15) is 8.78 Å². The van der Waals surface area contributed by atoms with E-state index >= 15 is 0 Å². The van der Waals surface area contributed by atoms with Crippen LogP contribution in [-0.2, 0) is 0 Å². The van der Waals surface area contributed by atoms with Crippen molar-refractivity contribution in [2.75, 3.05) is 5.73 Å². The van der Waals surface area contributed by atoms with Crippen LogP contribution < -0.4 is 11.5 Å². The van der Waals surface area contributed by atoms with Gasteiger partial charge in [-0.05, 0) is 6.92 Å². The van der Waals surface area contributed by atoms with Crippen LogP contribution in [0.15, 0.2) is 6.20 Å². The Morgan fingerprint density at radius 1 is 1.35 bits per heavy atom. The molecule has 0 bridgehead atoms. The molecule has 1 atom stereocenters. The Morgan fingerprint density at radius 3 is 2.47 bits per heavy atom. The molecule has 0 radical (unpaired) electrons. The van der Waals surface area contributed by atoms with Gasteiger partial charge in [-0.1, -0.05) is 11.8 Å². The lowest BCUT2D eigenvalue weighted by Gasteiger charge is -1.99. The van der Waals surface area contributed by atoms with Gasteiger partial charge in [-0.2, -0.15) is 4.39 Å². The highest BCUT2D eigenvalue weighted by atomic mass is 35.5. The summed E-state index contributed by atoms with van der Waals surface area (Å²) in [4.78, 5) is 3.47. The highest BCUT2D eigenvalue weighted by Crippen LogP contribution is 2.13. The van der Waals surface area contributed by atoms with Gasteiger partial charge in [-0.15, -0.1) is 24.8 Å². The molecule has 1 rings (SSSR count). The van der Waals surface area contributed by atoms with Crippen molar-refractivity contribution in [1.29, 1.82) is 0 Å². The monoisotopic (exact) mass is 283 g/mol. The maximum Gasteiger partial charge on any atom is 0.202 e. The number of hydrogen-bond acceptors (Lipinski definition) is 3. The number of pyridine rings is 1. The highest BCUT2D eigenvalue weighted by molar-refractivity contribution is 5.85. The van der Waals surface area contributed by atoms with E-state index in [2.05, 4.69) is 16.8 Å². The molecule has 0 fully saturated rings. The van der Waals surface area contributed by atoms with Crippen molar-refractivity contribution >= 4 is 30.6 Å². The molecule has 0 aromatic carbocycles. The van der Waals surface area contributed by atoms with Crippen LogP contribution in [0.3, 0.4) is 0 Å². The summed E-state index contributed by atoms with van der Waals surface area (Å²) in [7, 11) is 0. The van der Waals surface area contributed by atoms with E-state index in [4.69, 9.17) is 11.5 Å². The summed E-state index contributed by atoms with van der Waals surface area (Å²) in [5, 5.41) is 0. The van der Waals surface area contributed by atoms with E-state index in [1.54, 1.807) is 6.92 Å². The molecular weight excluding hydrogens is 271 g/mol. The molecule has 0 spiro atoms. The second kappa shape index (κ2) is 8.07. The number of halogens is 4. The van der Waals surface area contributed by atoms with Crippen LogP contribution in [0.25, 0.3) is 0 Å². The Bertz CT molecular complexity index is 428. The Kier molecular flexibility index (Phi) is 8.68. The second-order valence-electron chi connectivity index (χ2n) is 3.17. The number of nitrogens with two attached hydrogens (primary N) is 2. The predicted molar refractivity (Wildman–Crippen MR) is 68.2 cm³/mol. The first-order valence-corrected chi connectivity index (χ1v) is 4.36. The van der Waals surface area contributed by atoms with Gasteiger partial charge in [0, 0.05) is 18.7 Å². The molecular formula is C10H13Cl2F2N3.